The maximum Gasteiger partial charge on any atom is 0.168 e. The molecule has 0 fully saturated rings. The van der Waals surface area contributed by atoms with Gasteiger partial charge in [0.2, 0.25) is 0 Å². The smallest absolute Gasteiger partial charge is 0.168 e. The Bertz CT molecular complexity index is 635. The highest BCUT2D eigenvalue weighted by atomic mass is 35.5. The SMILES string of the molecule is CCc1nn(CC)c(CC(=O)c2cccc(Cl)c2)c1Cl. The monoisotopic (exact) mass is 310 g/mol. The molecule has 5 heteroatoms. The number of carbonyl (C=O) groups excluding carboxylic acids is 1. The molecule has 0 aliphatic carbocycles. The molecule has 0 aliphatic heterocycles. The first kappa shape index (κ1) is 15.1. The molecule has 1 heterocycles. The Kier molecular flexibility index (Phi) is 4.84. The Morgan fingerprint density at radius 3 is 2.65 bits per heavy atom. The molecule has 2 aromatic rings. The molecule has 0 saturated heterocycles. The Hall–Kier alpha value is -1.32. The third kappa shape index (κ3) is 3.05. The molecule has 0 atom stereocenters. The first-order valence-electron chi connectivity index (χ1n) is 6.59. The summed E-state index contributed by atoms with van der Waals surface area (Å²) in [5.74, 6) is -0.00773. The molecule has 0 bridgehead atoms. The third-order valence-electron chi connectivity index (χ3n) is 3.17. The summed E-state index contributed by atoms with van der Waals surface area (Å²) in [6.07, 6.45) is 0.990. The van der Waals surface area contributed by atoms with Crippen LogP contribution in [0.3, 0.4) is 0 Å². The van der Waals surface area contributed by atoms with Crippen molar-refractivity contribution in [1.29, 1.82) is 0 Å². The van der Waals surface area contributed by atoms with Gasteiger partial charge in [-0.3, -0.25) is 9.48 Å². The van der Waals surface area contributed by atoms with Crippen LogP contribution in [0.1, 0.15) is 35.6 Å². The van der Waals surface area contributed by atoms with E-state index in [0.717, 1.165) is 17.8 Å². The minimum Gasteiger partial charge on any atom is -0.294 e. The molecule has 1 aromatic heterocycles. The number of aryl methyl sites for hydroxylation is 2. The lowest BCUT2D eigenvalue weighted by Crippen LogP contribution is -2.10. The number of nitrogens with zero attached hydrogens (tertiary/aromatic N) is 2. The third-order valence-corrected chi connectivity index (χ3v) is 3.84. The van der Waals surface area contributed by atoms with Crippen LogP contribution in [-0.4, -0.2) is 15.6 Å². The Morgan fingerprint density at radius 2 is 2.05 bits per heavy atom. The van der Waals surface area contributed by atoms with Gasteiger partial charge < -0.3 is 0 Å². The highest BCUT2D eigenvalue weighted by Crippen LogP contribution is 2.23. The molecule has 1 aromatic carbocycles. The van der Waals surface area contributed by atoms with E-state index in [1.54, 1.807) is 28.9 Å². The average Bonchev–Trinajstić information content (AvgIpc) is 2.75. The van der Waals surface area contributed by atoms with Gasteiger partial charge >= 0.3 is 0 Å². The molecule has 20 heavy (non-hydrogen) atoms. The lowest BCUT2D eigenvalue weighted by atomic mass is 10.1. The van der Waals surface area contributed by atoms with Crippen molar-refractivity contribution < 1.29 is 4.79 Å². The zero-order valence-corrected chi connectivity index (χ0v) is 13.0. The van der Waals surface area contributed by atoms with Crippen LogP contribution < -0.4 is 0 Å². The highest BCUT2D eigenvalue weighted by Gasteiger charge is 2.18. The number of hydrogen-bond donors (Lipinski definition) is 0. The summed E-state index contributed by atoms with van der Waals surface area (Å²) in [5.41, 5.74) is 2.20. The number of halogens is 2. The van der Waals surface area contributed by atoms with Gasteiger partial charge in [0, 0.05) is 17.1 Å². The summed E-state index contributed by atoms with van der Waals surface area (Å²) in [6.45, 7) is 4.67. The highest BCUT2D eigenvalue weighted by molar-refractivity contribution is 6.32. The van der Waals surface area contributed by atoms with Crippen LogP contribution in [0.2, 0.25) is 10.0 Å². The van der Waals surface area contributed by atoms with Crippen LogP contribution in [0.4, 0.5) is 0 Å². The number of carbonyl (C=O) groups is 1. The number of ketones is 1. The topological polar surface area (TPSA) is 34.9 Å². The molecule has 3 nitrogen and oxygen atoms in total. The van der Waals surface area contributed by atoms with Gasteiger partial charge in [0.15, 0.2) is 5.78 Å². The molecular weight excluding hydrogens is 295 g/mol. The van der Waals surface area contributed by atoms with E-state index >= 15 is 0 Å². The van der Waals surface area contributed by atoms with E-state index in [0.29, 0.717) is 22.2 Å². The fourth-order valence-corrected chi connectivity index (χ4v) is 2.63. The Labute approximate surface area is 128 Å². The van der Waals surface area contributed by atoms with Crippen molar-refractivity contribution in [2.45, 2.75) is 33.2 Å². The van der Waals surface area contributed by atoms with Gasteiger partial charge in [-0.05, 0) is 25.5 Å². The summed E-state index contributed by atoms with van der Waals surface area (Å²) in [4.78, 5) is 12.3. The lowest BCUT2D eigenvalue weighted by molar-refractivity contribution is 0.0990. The van der Waals surface area contributed by atoms with Crippen LogP contribution >= 0.6 is 23.2 Å². The largest absolute Gasteiger partial charge is 0.294 e. The van der Waals surface area contributed by atoms with Crippen molar-refractivity contribution in [3.8, 4) is 0 Å². The van der Waals surface area contributed by atoms with Crippen LogP contribution in [0.15, 0.2) is 24.3 Å². The number of benzene rings is 1. The Balaban J connectivity index is 2.30. The van der Waals surface area contributed by atoms with E-state index in [4.69, 9.17) is 23.2 Å². The normalized spacial score (nSPS) is 10.8. The lowest BCUT2D eigenvalue weighted by Gasteiger charge is -2.05. The molecule has 0 saturated carbocycles. The van der Waals surface area contributed by atoms with Crippen LogP contribution in [0.5, 0.6) is 0 Å². The zero-order chi connectivity index (χ0) is 14.7. The quantitative estimate of drug-likeness (QED) is 0.776. The van der Waals surface area contributed by atoms with Crippen molar-refractivity contribution in [2.75, 3.05) is 0 Å². The average molecular weight is 311 g/mol. The minimum atomic E-state index is -0.00773. The van der Waals surface area contributed by atoms with Crippen LogP contribution in [0.25, 0.3) is 0 Å². The predicted octanol–water partition coefficient (Wildman–Crippen LogP) is 4.20. The van der Waals surface area contributed by atoms with Gasteiger partial charge in [-0.1, -0.05) is 42.3 Å². The predicted molar refractivity (Wildman–Crippen MR) is 81.8 cm³/mol. The van der Waals surface area contributed by atoms with Gasteiger partial charge in [0.25, 0.3) is 0 Å². The second kappa shape index (κ2) is 6.42. The zero-order valence-electron chi connectivity index (χ0n) is 11.5. The molecule has 106 valence electrons. The number of hydrogen-bond acceptors (Lipinski definition) is 2. The number of rotatable bonds is 5. The van der Waals surface area contributed by atoms with Gasteiger partial charge in [-0.15, -0.1) is 0 Å². The molecule has 0 aliphatic rings. The van der Waals surface area contributed by atoms with Crippen molar-refractivity contribution in [2.24, 2.45) is 0 Å². The van der Waals surface area contributed by atoms with Crippen molar-refractivity contribution in [3.63, 3.8) is 0 Å². The maximum atomic E-state index is 12.3. The van der Waals surface area contributed by atoms with E-state index in [9.17, 15) is 4.79 Å². The van der Waals surface area contributed by atoms with E-state index in [2.05, 4.69) is 5.10 Å². The van der Waals surface area contributed by atoms with Crippen LogP contribution in [0, 0.1) is 0 Å². The van der Waals surface area contributed by atoms with E-state index in [1.165, 1.54) is 0 Å². The van der Waals surface area contributed by atoms with Gasteiger partial charge in [0.1, 0.15) is 0 Å². The van der Waals surface area contributed by atoms with Gasteiger partial charge in [-0.2, -0.15) is 5.10 Å². The second-order valence-corrected chi connectivity index (χ2v) is 5.30. The van der Waals surface area contributed by atoms with Crippen molar-refractivity contribution in [3.05, 3.63) is 51.3 Å². The maximum absolute atomic E-state index is 12.3. The molecular formula is C15H16Cl2N2O. The fraction of sp³-hybridized carbons (Fsp3) is 0.333. The van der Waals surface area contributed by atoms with Crippen molar-refractivity contribution >= 4 is 29.0 Å². The first-order valence-corrected chi connectivity index (χ1v) is 7.35. The number of Topliss-reactive ketones (excluding diaryl/α,β-unsaturated/α-hetero) is 1. The van der Waals surface area contributed by atoms with Crippen molar-refractivity contribution in [1.82, 2.24) is 9.78 Å². The molecule has 0 spiro atoms. The van der Waals surface area contributed by atoms with Crippen LogP contribution in [-0.2, 0) is 19.4 Å². The van der Waals surface area contributed by atoms with E-state index in [-0.39, 0.29) is 12.2 Å². The fourth-order valence-electron chi connectivity index (χ4n) is 2.10. The Morgan fingerprint density at radius 1 is 1.30 bits per heavy atom. The van der Waals surface area contributed by atoms with Gasteiger partial charge in [0.05, 0.1) is 22.8 Å². The minimum absolute atomic E-state index is 0.00773. The summed E-state index contributed by atoms with van der Waals surface area (Å²) in [7, 11) is 0. The summed E-state index contributed by atoms with van der Waals surface area (Å²) >= 11 is 12.2. The molecule has 0 N–H and O–H groups in total. The first-order chi connectivity index (χ1) is 9.56. The summed E-state index contributed by atoms with van der Waals surface area (Å²) in [6, 6.07) is 6.95. The molecule has 0 amide bonds. The summed E-state index contributed by atoms with van der Waals surface area (Å²) < 4.78 is 1.80. The number of aromatic nitrogens is 2. The second-order valence-electron chi connectivity index (χ2n) is 4.49. The summed E-state index contributed by atoms with van der Waals surface area (Å²) in [5, 5.41) is 5.57. The molecule has 0 radical (unpaired) electrons. The molecule has 2 rings (SSSR count). The van der Waals surface area contributed by atoms with Gasteiger partial charge in [-0.25, -0.2) is 0 Å². The van der Waals surface area contributed by atoms with E-state index < -0.39 is 0 Å². The molecule has 0 unspecified atom stereocenters. The standard InChI is InChI=1S/C15H16Cl2N2O/c1-3-12-15(17)13(19(4-2)18-12)9-14(20)10-6-5-7-11(16)8-10/h5-8H,3-4,9H2,1-2H3. The van der Waals surface area contributed by atoms with E-state index in [1.807, 2.05) is 13.8 Å².